The first-order valence-electron chi connectivity index (χ1n) is 8.01. The van der Waals surface area contributed by atoms with Crippen molar-refractivity contribution in [2.75, 3.05) is 16.0 Å². The molecular formula is C19H18N4O3. The van der Waals surface area contributed by atoms with Gasteiger partial charge in [-0.25, -0.2) is 4.98 Å². The summed E-state index contributed by atoms with van der Waals surface area (Å²) in [4.78, 5) is 27.5. The van der Waals surface area contributed by atoms with Crippen molar-refractivity contribution in [2.45, 2.75) is 13.5 Å². The minimum absolute atomic E-state index is 0.145. The zero-order chi connectivity index (χ0) is 18.4. The zero-order valence-electron chi connectivity index (χ0n) is 14.2. The molecule has 2 heterocycles. The van der Waals surface area contributed by atoms with E-state index >= 15 is 0 Å². The summed E-state index contributed by atoms with van der Waals surface area (Å²) in [6.07, 6.45) is 3.12. The van der Waals surface area contributed by atoms with Crippen LogP contribution in [0.2, 0.25) is 0 Å². The standard InChI is InChI=1S/C19H18N4O3/c1-13(24)22-15-5-7-16(8-6-15)23-19(25)14-4-9-18(20-11-14)21-12-17-3-2-10-26-17/h2-11H,12H2,1H3,(H,20,21)(H,22,24)(H,23,25). The Balaban J connectivity index is 1.56. The number of nitrogens with zero attached hydrogens (tertiary/aromatic N) is 1. The third-order valence-corrected chi connectivity index (χ3v) is 3.51. The first-order valence-corrected chi connectivity index (χ1v) is 8.01. The summed E-state index contributed by atoms with van der Waals surface area (Å²) in [5, 5.41) is 8.57. The maximum atomic E-state index is 12.3. The highest BCUT2D eigenvalue weighted by atomic mass is 16.3. The summed E-state index contributed by atoms with van der Waals surface area (Å²) in [5.41, 5.74) is 1.74. The van der Waals surface area contributed by atoms with Crippen molar-refractivity contribution in [2.24, 2.45) is 0 Å². The number of amides is 2. The second kappa shape index (κ2) is 7.98. The Labute approximate surface area is 150 Å². The van der Waals surface area contributed by atoms with Crippen molar-refractivity contribution in [3.63, 3.8) is 0 Å². The number of nitrogens with one attached hydrogen (secondary N) is 3. The van der Waals surface area contributed by atoms with Gasteiger partial charge >= 0.3 is 0 Å². The van der Waals surface area contributed by atoms with Gasteiger partial charge in [0.25, 0.3) is 5.91 Å². The monoisotopic (exact) mass is 350 g/mol. The van der Waals surface area contributed by atoms with E-state index < -0.39 is 0 Å². The molecule has 3 aromatic rings. The Morgan fingerprint density at radius 3 is 2.31 bits per heavy atom. The molecule has 132 valence electrons. The molecule has 0 saturated carbocycles. The molecule has 0 aliphatic rings. The molecule has 2 aromatic heterocycles. The van der Waals surface area contributed by atoms with E-state index in [1.807, 2.05) is 12.1 Å². The molecule has 1 aromatic carbocycles. The zero-order valence-corrected chi connectivity index (χ0v) is 14.2. The molecule has 0 fully saturated rings. The highest BCUT2D eigenvalue weighted by Gasteiger charge is 2.07. The molecule has 0 aliphatic carbocycles. The highest BCUT2D eigenvalue weighted by Crippen LogP contribution is 2.15. The van der Waals surface area contributed by atoms with Gasteiger partial charge in [-0.1, -0.05) is 0 Å². The van der Waals surface area contributed by atoms with E-state index in [1.165, 1.54) is 13.1 Å². The number of carbonyl (C=O) groups is 2. The van der Waals surface area contributed by atoms with Crippen molar-refractivity contribution >= 4 is 29.0 Å². The van der Waals surface area contributed by atoms with Crippen molar-refractivity contribution < 1.29 is 14.0 Å². The van der Waals surface area contributed by atoms with Crippen molar-refractivity contribution in [3.8, 4) is 0 Å². The highest BCUT2D eigenvalue weighted by molar-refractivity contribution is 6.04. The molecule has 3 rings (SSSR count). The van der Waals surface area contributed by atoms with Crippen LogP contribution in [0.15, 0.2) is 65.4 Å². The summed E-state index contributed by atoms with van der Waals surface area (Å²) in [6.45, 7) is 1.96. The number of furan rings is 1. The molecule has 3 N–H and O–H groups in total. The molecule has 7 nitrogen and oxygen atoms in total. The molecule has 0 bridgehead atoms. The van der Waals surface area contributed by atoms with Crippen LogP contribution >= 0.6 is 0 Å². The quantitative estimate of drug-likeness (QED) is 0.632. The van der Waals surface area contributed by atoms with Crippen LogP contribution < -0.4 is 16.0 Å². The molecule has 0 atom stereocenters. The number of hydrogen-bond donors (Lipinski definition) is 3. The smallest absolute Gasteiger partial charge is 0.257 e. The van der Waals surface area contributed by atoms with Crippen molar-refractivity contribution in [1.29, 1.82) is 0 Å². The molecule has 0 saturated heterocycles. The lowest BCUT2D eigenvalue weighted by Crippen LogP contribution is -2.12. The molecule has 0 aliphatic heterocycles. The molecular weight excluding hydrogens is 332 g/mol. The van der Waals surface area contributed by atoms with Crippen LogP contribution in [0.5, 0.6) is 0 Å². The van der Waals surface area contributed by atoms with Crippen molar-refractivity contribution in [1.82, 2.24) is 4.98 Å². The number of benzene rings is 1. The lowest BCUT2D eigenvalue weighted by atomic mass is 10.2. The number of hydrogen-bond acceptors (Lipinski definition) is 5. The number of anilines is 3. The number of carbonyl (C=O) groups excluding carboxylic acids is 2. The molecule has 2 amide bonds. The van der Waals surface area contributed by atoms with Gasteiger partial charge in [0.1, 0.15) is 11.6 Å². The van der Waals surface area contributed by atoms with Gasteiger partial charge in [0.2, 0.25) is 5.91 Å². The van der Waals surface area contributed by atoms with E-state index in [0.717, 1.165) is 5.76 Å². The summed E-state index contributed by atoms with van der Waals surface area (Å²) < 4.78 is 5.24. The third-order valence-electron chi connectivity index (χ3n) is 3.51. The average molecular weight is 350 g/mol. The lowest BCUT2D eigenvalue weighted by Gasteiger charge is -2.08. The first-order chi connectivity index (χ1) is 12.6. The second-order valence-corrected chi connectivity index (χ2v) is 5.58. The van der Waals surface area contributed by atoms with Crippen LogP contribution in [0.4, 0.5) is 17.2 Å². The largest absolute Gasteiger partial charge is 0.467 e. The molecule has 0 unspecified atom stereocenters. The van der Waals surface area contributed by atoms with Gasteiger partial charge in [-0.05, 0) is 48.5 Å². The third kappa shape index (κ3) is 4.70. The predicted molar refractivity (Wildman–Crippen MR) is 99.0 cm³/mol. The van der Waals surface area contributed by atoms with Gasteiger partial charge in [-0.15, -0.1) is 0 Å². The Hall–Kier alpha value is -3.61. The minimum atomic E-state index is -0.262. The van der Waals surface area contributed by atoms with Gasteiger partial charge < -0.3 is 20.4 Å². The van der Waals surface area contributed by atoms with Crippen LogP contribution in [0.1, 0.15) is 23.0 Å². The summed E-state index contributed by atoms with van der Waals surface area (Å²) >= 11 is 0. The van der Waals surface area contributed by atoms with Gasteiger partial charge in [-0.3, -0.25) is 9.59 Å². The van der Waals surface area contributed by atoms with Crippen LogP contribution in [0.25, 0.3) is 0 Å². The fourth-order valence-electron chi connectivity index (χ4n) is 2.27. The normalized spacial score (nSPS) is 10.2. The molecule has 0 radical (unpaired) electrons. The fraction of sp³-hybridized carbons (Fsp3) is 0.105. The van der Waals surface area contributed by atoms with Crippen LogP contribution in [0.3, 0.4) is 0 Å². The van der Waals surface area contributed by atoms with Crippen LogP contribution in [0, 0.1) is 0 Å². The van der Waals surface area contributed by atoms with Gasteiger partial charge in [-0.2, -0.15) is 0 Å². The lowest BCUT2D eigenvalue weighted by molar-refractivity contribution is -0.114. The van der Waals surface area contributed by atoms with E-state index in [4.69, 9.17) is 4.42 Å². The van der Waals surface area contributed by atoms with E-state index in [0.29, 0.717) is 29.3 Å². The fourth-order valence-corrected chi connectivity index (χ4v) is 2.27. The Bertz CT molecular complexity index is 872. The van der Waals surface area contributed by atoms with Crippen LogP contribution in [-0.2, 0) is 11.3 Å². The molecule has 0 spiro atoms. The van der Waals surface area contributed by atoms with Gasteiger partial charge in [0, 0.05) is 24.5 Å². The number of pyridine rings is 1. The summed E-state index contributed by atoms with van der Waals surface area (Å²) in [7, 11) is 0. The number of aromatic nitrogens is 1. The average Bonchev–Trinajstić information content (AvgIpc) is 3.15. The van der Waals surface area contributed by atoms with Gasteiger partial charge in [0.05, 0.1) is 18.4 Å². The van der Waals surface area contributed by atoms with Crippen LogP contribution in [-0.4, -0.2) is 16.8 Å². The molecule has 7 heteroatoms. The first kappa shape index (κ1) is 17.2. The summed E-state index contributed by atoms with van der Waals surface area (Å²) in [6, 6.07) is 14.0. The van der Waals surface area contributed by atoms with Crippen molar-refractivity contribution in [3.05, 3.63) is 72.3 Å². The maximum Gasteiger partial charge on any atom is 0.257 e. The van der Waals surface area contributed by atoms with E-state index in [-0.39, 0.29) is 11.8 Å². The SMILES string of the molecule is CC(=O)Nc1ccc(NC(=O)c2ccc(NCc3ccco3)nc2)cc1. The van der Waals surface area contributed by atoms with E-state index in [9.17, 15) is 9.59 Å². The minimum Gasteiger partial charge on any atom is -0.467 e. The predicted octanol–water partition coefficient (Wildman–Crippen LogP) is 3.50. The second-order valence-electron chi connectivity index (χ2n) is 5.58. The maximum absolute atomic E-state index is 12.3. The Morgan fingerprint density at radius 2 is 1.73 bits per heavy atom. The topological polar surface area (TPSA) is 96.3 Å². The van der Waals surface area contributed by atoms with E-state index in [2.05, 4.69) is 20.9 Å². The number of rotatable bonds is 6. The van der Waals surface area contributed by atoms with E-state index in [1.54, 1.807) is 42.7 Å². The Kier molecular flexibility index (Phi) is 5.28. The molecule has 26 heavy (non-hydrogen) atoms. The summed E-state index contributed by atoms with van der Waals surface area (Å²) in [5.74, 6) is 1.05. The Morgan fingerprint density at radius 1 is 1.00 bits per heavy atom. The van der Waals surface area contributed by atoms with Gasteiger partial charge in [0.15, 0.2) is 0 Å².